The number of rotatable bonds is 2. The summed E-state index contributed by atoms with van der Waals surface area (Å²) in [4.78, 5) is 12.3. The molecule has 1 heterocycles. The van der Waals surface area contributed by atoms with E-state index in [0.717, 1.165) is 25.0 Å². The van der Waals surface area contributed by atoms with Gasteiger partial charge in [0.25, 0.3) is 5.91 Å². The molecule has 0 radical (unpaired) electrons. The van der Waals surface area contributed by atoms with Gasteiger partial charge in [0.1, 0.15) is 0 Å². The highest BCUT2D eigenvalue weighted by Gasteiger charge is 2.18. The zero-order chi connectivity index (χ0) is 13.8. The summed E-state index contributed by atoms with van der Waals surface area (Å²) in [5.74, 6) is 1.41. The van der Waals surface area contributed by atoms with Gasteiger partial charge in [-0.15, -0.1) is 0 Å². The van der Waals surface area contributed by atoms with E-state index >= 15 is 0 Å². The molecule has 1 N–H and O–H groups in total. The average molecular weight is 275 g/mol. The first kappa shape index (κ1) is 13.3. The molecule has 2 aliphatic rings. The van der Waals surface area contributed by atoms with E-state index in [1.165, 1.54) is 19.3 Å². The van der Waals surface area contributed by atoms with Gasteiger partial charge < -0.3 is 14.8 Å². The standard InChI is InChI=1S/C16H21NO3/c18-16(17-13-5-2-1-3-6-13)12-7-8-14-15(11-12)20-10-4-9-19-14/h7-8,11,13H,1-6,9-10H2,(H,17,18). The fourth-order valence-electron chi connectivity index (χ4n) is 2.82. The van der Waals surface area contributed by atoms with Crippen molar-refractivity contribution in [2.45, 2.75) is 44.6 Å². The van der Waals surface area contributed by atoms with Crippen molar-refractivity contribution in [1.82, 2.24) is 5.32 Å². The second kappa shape index (κ2) is 6.16. The van der Waals surface area contributed by atoms with Gasteiger partial charge in [-0.1, -0.05) is 19.3 Å². The van der Waals surface area contributed by atoms with Crippen molar-refractivity contribution in [1.29, 1.82) is 0 Å². The minimum atomic E-state index is -0.00690. The van der Waals surface area contributed by atoms with Crippen LogP contribution in [0.3, 0.4) is 0 Å². The number of hydrogen-bond donors (Lipinski definition) is 1. The van der Waals surface area contributed by atoms with E-state index < -0.39 is 0 Å². The summed E-state index contributed by atoms with van der Waals surface area (Å²) in [6, 6.07) is 5.76. The second-order valence-electron chi connectivity index (χ2n) is 5.52. The highest BCUT2D eigenvalue weighted by Crippen LogP contribution is 2.30. The van der Waals surface area contributed by atoms with Crippen LogP contribution in [-0.4, -0.2) is 25.2 Å². The lowest BCUT2D eigenvalue weighted by molar-refractivity contribution is 0.0927. The van der Waals surface area contributed by atoms with Gasteiger partial charge in [-0.3, -0.25) is 4.79 Å². The van der Waals surface area contributed by atoms with Crippen molar-refractivity contribution in [3.05, 3.63) is 23.8 Å². The molecular formula is C16H21NO3. The minimum absolute atomic E-state index is 0.00690. The van der Waals surface area contributed by atoms with Crippen LogP contribution in [0, 0.1) is 0 Å². The molecule has 1 fully saturated rings. The fourth-order valence-corrected chi connectivity index (χ4v) is 2.82. The van der Waals surface area contributed by atoms with Crippen LogP contribution in [0.2, 0.25) is 0 Å². The Bertz CT molecular complexity index is 481. The topological polar surface area (TPSA) is 47.6 Å². The van der Waals surface area contributed by atoms with Gasteiger partial charge in [-0.25, -0.2) is 0 Å². The first-order valence-corrected chi connectivity index (χ1v) is 7.53. The van der Waals surface area contributed by atoms with E-state index in [1.54, 1.807) is 6.07 Å². The van der Waals surface area contributed by atoms with Gasteiger partial charge in [0.2, 0.25) is 0 Å². The zero-order valence-corrected chi connectivity index (χ0v) is 11.7. The van der Waals surface area contributed by atoms with Crippen molar-refractivity contribution < 1.29 is 14.3 Å². The lowest BCUT2D eigenvalue weighted by Crippen LogP contribution is -2.36. The molecule has 0 aromatic heterocycles. The maximum atomic E-state index is 12.3. The highest BCUT2D eigenvalue weighted by molar-refractivity contribution is 5.95. The molecule has 1 amide bonds. The smallest absolute Gasteiger partial charge is 0.251 e. The van der Waals surface area contributed by atoms with Crippen molar-refractivity contribution in [2.75, 3.05) is 13.2 Å². The average Bonchev–Trinajstić information content (AvgIpc) is 2.72. The molecule has 1 saturated carbocycles. The molecule has 1 aliphatic carbocycles. The number of amides is 1. The van der Waals surface area contributed by atoms with Gasteiger partial charge in [-0.05, 0) is 31.0 Å². The number of benzene rings is 1. The molecule has 108 valence electrons. The number of carbonyl (C=O) groups excluding carboxylic acids is 1. The Morgan fingerprint density at radius 3 is 2.55 bits per heavy atom. The Kier molecular flexibility index (Phi) is 4.09. The van der Waals surface area contributed by atoms with Crippen LogP contribution < -0.4 is 14.8 Å². The van der Waals surface area contributed by atoms with Crippen LogP contribution in [0.15, 0.2) is 18.2 Å². The molecule has 1 aliphatic heterocycles. The maximum absolute atomic E-state index is 12.3. The van der Waals surface area contributed by atoms with Crippen molar-refractivity contribution in [2.24, 2.45) is 0 Å². The van der Waals surface area contributed by atoms with Gasteiger partial charge in [0.05, 0.1) is 13.2 Å². The molecule has 0 unspecified atom stereocenters. The fraction of sp³-hybridized carbons (Fsp3) is 0.562. The third kappa shape index (κ3) is 3.06. The van der Waals surface area contributed by atoms with Crippen molar-refractivity contribution >= 4 is 5.91 Å². The third-order valence-corrected chi connectivity index (χ3v) is 3.95. The molecule has 3 rings (SSSR count). The van der Waals surface area contributed by atoms with Gasteiger partial charge >= 0.3 is 0 Å². The molecule has 0 spiro atoms. The summed E-state index contributed by atoms with van der Waals surface area (Å²) in [5.41, 5.74) is 0.653. The van der Waals surface area contributed by atoms with E-state index in [1.807, 2.05) is 12.1 Å². The van der Waals surface area contributed by atoms with Crippen LogP contribution in [0.25, 0.3) is 0 Å². The van der Waals surface area contributed by atoms with Crippen molar-refractivity contribution in [3.63, 3.8) is 0 Å². The van der Waals surface area contributed by atoms with Crippen LogP contribution in [0.4, 0.5) is 0 Å². The monoisotopic (exact) mass is 275 g/mol. The normalized spacial score (nSPS) is 19.2. The first-order chi connectivity index (χ1) is 9.83. The lowest BCUT2D eigenvalue weighted by Gasteiger charge is -2.22. The zero-order valence-electron chi connectivity index (χ0n) is 11.7. The van der Waals surface area contributed by atoms with E-state index in [9.17, 15) is 4.79 Å². The predicted molar refractivity (Wildman–Crippen MR) is 76.4 cm³/mol. The van der Waals surface area contributed by atoms with Crippen LogP contribution in [0.5, 0.6) is 11.5 Å². The predicted octanol–water partition coefficient (Wildman–Crippen LogP) is 2.91. The lowest BCUT2D eigenvalue weighted by atomic mass is 9.95. The van der Waals surface area contributed by atoms with Gasteiger partial charge in [0, 0.05) is 18.0 Å². The second-order valence-corrected chi connectivity index (χ2v) is 5.52. The largest absolute Gasteiger partial charge is 0.490 e. The first-order valence-electron chi connectivity index (χ1n) is 7.53. The Morgan fingerprint density at radius 2 is 1.75 bits per heavy atom. The van der Waals surface area contributed by atoms with E-state index in [2.05, 4.69) is 5.32 Å². The molecule has 4 nitrogen and oxygen atoms in total. The Balaban J connectivity index is 1.69. The summed E-state index contributed by atoms with van der Waals surface area (Å²) in [6.07, 6.45) is 6.78. The molecule has 1 aromatic rings. The molecule has 20 heavy (non-hydrogen) atoms. The Hall–Kier alpha value is -1.71. The van der Waals surface area contributed by atoms with Crippen LogP contribution >= 0.6 is 0 Å². The number of nitrogens with one attached hydrogen (secondary N) is 1. The third-order valence-electron chi connectivity index (χ3n) is 3.95. The summed E-state index contributed by atoms with van der Waals surface area (Å²) in [6.45, 7) is 1.31. The van der Waals surface area contributed by atoms with Gasteiger partial charge in [-0.2, -0.15) is 0 Å². The van der Waals surface area contributed by atoms with E-state index in [4.69, 9.17) is 9.47 Å². The molecule has 1 aromatic carbocycles. The Labute approximate surface area is 119 Å². The summed E-state index contributed by atoms with van der Waals surface area (Å²) >= 11 is 0. The number of hydrogen-bond acceptors (Lipinski definition) is 3. The van der Waals surface area contributed by atoms with Gasteiger partial charge in [0.15, 0.2) is 11.5 Å². The summed E-state index contributed by atoms with van der Waals surface area (Å²) in [5, 5.41) is 3.12. The molecule has 0 bridgehead atoms. The van der Waals surface area contributed by atoms with Crippen LogP contribution in [-0.2, 0) is 0 Å². The molecular weight excluding hydrogens is 254 g/mol. The Morgan fingerprint density at radius 1 is 1.00 bits per heavy atom. The molecule has 4 heteroatoms. The number of carbonyl (C=O) groups is 1. The van der Waals surface area contributed by atoms with Crippen molar-refractivity contribution in [3.8, 4) is 11.5 Å². The SMILES string of the molecule is O=C(NC1CCCCC1)c1ccc2c(c1)OCCCO2. The van der Waals surface area contributed by atoms with E-state index in [-0.39, 0.29) is 5.91 Å². The number of ether oxygens (including phenoxy) is 2. The molecule has 0 saturated heterocycles. The van der Waals surface area contributed by atoms with Crippen LogP contribution in [0.1, 0.15) is 48.9 Å². The highest BCUT2D eigenvalue weighted by atomic mass is 16.5. The summed E-state index contributed by atoms with van der Waals surface area (Å²) < 4.78 is 11.2. The quantitative estimate of drug-likeness (QED) is 0.902. The molecule has 0 atom stereocenters. The number of fused-ring (bicyclic) bond motifs is 1. The maximum Gasteiger partial charge on any atom is 0.251 e. The van der Waals surface area contributed by atoms with E-state index in [0.29, 0.717) is 30.6 Å². The summed E-state index contributed by atoms with van der Waals surface area (Å²) in [7, 11) is 0. The minimum Gasteiger partial charge on any atom is -0.490 e.